The van der Waals surface area contributed by atoms with Crippen LogP contribution < -0.4 is 5.73 Å². The van der Waals surface area contributed by atoms with Gasteiger partial charge in [0.2, 0.25) is 5.91 Å². The summed E-state index contributed by atoms with van der Waals surface area (Å²) in [6.45, 7) is 12.5. The van der Waals surface area contributed by atoms with E-state index in [4.69, 9.17) is 5.73 Å². The van der Waals surface area contributed by atoms with E-state index in [1.54, 1.807) is 0 Å². The van der Waals surface area contributed by atoms with E-state index in [9.17, 15) is 4.79 Å². The van der Waals surface area contributed by atoms with E-state index in [2.05, 4.69) is 39.5 Å². The third-order valence-electron chi connectivity index (χ3n) is 3.78. The predicted octanol–water partition coefficient (Wildman–Crippen LogP) is 3.42. The van der Waals surface area contributed by atoms with Crippen LogP contribution >= 0.6 is 0 Å². The summed E-state index contributed by atoms with van der Waals surface area (Å²) in [4.78, 5) is 14.6. The van der Waals surface area contributed by atoms with E-state index in [1.165, 1.54) is 0 Å². The zero-order valence-corrected chi connectivity index (χ0v) is 13.6. The van der Waals surface area contributed by atoms with Crippen LogP contribution in [-0.2, 0) is 4.79 Å². The highest BCUT2D eigenvalue weighted by Gasteiger charge is 2.21. The molecule has 19 heavy (non-hydrogen) atoms. The fraction of sp³-hybridized carbons (Fsp3) is 0.938. The van der Waals surface area contributed by atoms with Gasteiger partial charge in [-0.15, -0.1) is 0 Å². The molecule has 0 saturated carbocycles. The minimum absolute atomic E-state index is 0.325. The van der Waals surface area contributed by atoms with Crippen molar-refractivity contribution in [2.24, 2.45) is 17.6 Å². The first-order valence-corrected chi connectivity index (χ1v) is 7.95. The summed E-state index contributed by atoms with van der Waals surface area (Å²) in [5.74, 6) is 1.41. The Morgan fingerprint density at radius 3 is 2.11 bits per heavy atom. The second-order valence-corrected chi connectivity index (χ2v) is 6.13. The Morgan fingerprint density at radius 1 is 1.11 bits per heavy atom. The molecule has 0 aromatic rings. The largest absolute Gasteiger partial charge is 0.339 e. The Hall–Kier alpha value is -0.570. The monoisotopic (exact) mass is 270 g/mol. The fourth-order valence-corrected chi connectivity index (χ4v) is 2.52. The molecule has 1 unspecified atom stereocenters. The first-order chi connectivity index (χ1) is 8.96. The van der Waals surface area contributed by atoms with Crippen molar-refractivity contribution in [1.29, 1.82) is 0 Å². The van der Waals surface area contributed by atoms with Gasteiger partial charge in [0.25, 0.3) is 0 Å². The molecular weight excluding hydrogens is 236 g/mol. The van der Waals surface area contributed by atoms with Gasteiger partial charge in [-0.25, -0.2) is 0 Å². The van der Waals surface area contributed by atoms with Gasteiger partial charge in [-0.2, -0.15) is 0 Å². The van der Waals surface area contributed by atoms with Crippen molar-refractivity contribution in [3.8, 4) is 0 Å². The Labute approximate surface area is 119 Å². The summed E-state index contributed by atoms with van der Waals surface area (Å²) in [6, 6.07) is 0.403. The van der Waals surface area contributed by atoms with Crippen LogP contribution in [-0.4, -0.2) is 29.9 Å². The maximum Gasteiger partial charge on any atom is 0.222 e. The Kier molecular flexibility index (Phi) is 9.94. The molecule has 0 spiro atoms. The van der Waals surface area contributed by atoms with Crippen LogP contribution in [0.3, 0.4) is 0 Å². The van der Waals surface area contributed by atoms with E-state index >= 15 is 0 Å². The highest BCUT2D eigenvalue weighted by atomic mass is 16.2. The molecule has 2 N–H and O–H groups in total. The topological polar surface area (TPSA) is 46.3 Å². The standard InChI is InChI=1S/C16H34N2O/c1-6-15(7-2)18(12-13(3)4)16(19)9-8-14(5)10-11-17/h13-15H,6-12,17H2,1-5H3. The normalized spacial score (nSPS) is 13.1. The van der Waals surface area contributed by atoms with Gasteiger partial charge in [0.1, 0.15) is 0 Å². The first kappa shape index (κ1) is 18.4. The van der Waals surface area contributed by atoms with E-state index < -0.39 is 0 Å². The molecule has 0 aromatic carbocycles. The molecular formula is C16H34N2O. The van der Waals surface area contributed by atoms with Crippen LogP contribution in [0, 0.1) is 11.8 Å². The van der Waals surface area contributed by atoms with E-state index in [0.717, 1.165) is 38.8 Å². The molecule has 0 bridgehead atoms. The molecule has 0 fully saturated rings. The Morgan fingerprint density at radius 2 is 1.68 bits per heavy atom. The summed E-state index contributed by atoms with van der Waals surface area (Å²) in [5.41, 5.74) is 5.56. The number of hydrogen-bond acceptors (Lipinski definition) is 2. The molecule has 0 saturated heterocycles. The van der Waals surface area contributed by atoms with Crippen LogP contribution in [0.1, 0.15) is 66.7 Å². The highest BCUT2D eigenvalue weighted by molar-refractivity contribution is 5.76. The number of carbonyl (C=O) groups excluding carboxylic acids is 1. The van der Waals surface area contributed by atoms with Gasteiger partial charge in [0.05, 0.1) is 0 Å². The summed E-state index contributed by atoms with van der Waals surface area (Å²) in [7, 11) is 0. The predicted molar refractivity (Wildman–Crippen MR) is 83.0 cm³/mol. The van der Waals surface area contributed by atoms with Crippen molar-refractivity contribution in [3.63, 3.8) is 0 Å². The Bertz CT molecular complexity index is 237. The van der Waals surface area contributed by atoms with Crippen molar-refractivity contribution >= 4 is 5.91 Å². The average molecular weight is 270 g/mol. The lowest BCUT2D eigenvalue weighted by molar-refractivity contribution is -0.134. The molecule has 114 valence electrons. The molecule has 0 rings (SSSR count). The second-order valence-electron chi connectivity index (χ2n) is 6.13. The lowest BCUT2D eigenvalue weighted by atomic mass is 10.00. The molecule has 0 heterocycles. The number of nitrogens with zero attached hydrogens (tertiary/aromatic N) is 1. The molecule has 0 aliphatic rings. The number of hydrogen-bond donors (Lipinski definition) is 1. The van der Waals surface area contributed by atoms with Gasteiger partial charge in [-0.1, -0.05) is 34.6 Å². The average Bonchev–Trinajstić information content (AvgIpc) is 2.36. The summed E-state index contributed by atoms with van der Waals surface area (Å²) in [6.07, 6.45) is 4.75. The smallest absolute Gasteiger partial charge is 0.222 e. The maximum atomic E-state index is 12.4. The van der Waals surface area contributed by atoms with Crippen LogP contribution in [0.15, 0.2) is 0 Å². The lowest BCUT2D eigenvalue weighted by Gasteiger charge is -2.32. The third-order valence-corrected chi connectivity index (χ3v) is 3.78. The van der Waals surface area contributed by atoms with E-state index in [-0.39, 0.29) is 0 Å². The maximum absolute atomic E-state index is 12.4. The first-order valence-electron chi connectivity index (χ1n) is 7.95. The number of amides is 1. The van der Waals surface area contributed by atoms with Crippen LogP contribution in [0.4, 0.5) is 0 Å². The van der Waals surface area contributed by atoms with E-state index in [0.29, 0.717) is 30.2 Å². The van der Waals surface area contributed by atoms with Crippen LogP contribution in [0.25, 0.3) is 0 Å². The zero-order chi connectivity index (χ0) is 14.8. The molecule has 0 radical (unpaired) electrons. The van der Waals surface area contributed by atoms with Gasteiger partial charge in [0, 0.05) is 19.0 Å². The molecule has 1 atom stereocenters. The molecule has 0 aromatic heterocycles. The van der Waals surface area contributed by atoms with Gasteiger partial charge in [0.15, 0.2) is 0 Å². The minimum Gasteiger partial charge on any atom is -0.339 e. The second kappa shape index (κ2) is 10.2. The zero-order valence-electron chi connectivity index (χ0n) is 13.6. The van der Waals surface area contributed by atoms with Crippen molar-refractivity contribution in [1.82, 2.24) is 4.90 Å². The third kappa shape index (κ3) is 7.56. The quantitative estimate of drug-likeness (QED) is 0.661. The van der Waals surface area contributed by atoms with Crippen molar-refractivity contribution < 1.29 is 4.79 Å². The van der Waals surface area contributed by atoms with Crippen molar-refractivity contribution in [2.75, 3.05) is 13.1 Å². The number of rotatable bonds is 10. The minimum atomic E-state index is 0.325. The van der Waals surface area contributed by atoms with Crippen molar-refractivity contribution in [2.45, 2.75) is 72.8 Å². The lowest BCUT2D eigenvalue weighted by Crippen LogP contribution is -2.42. The number of nitrogens with two attached hydrogens (primary N) is 1. The molecule has 3 heteroatoms. The summed E-state index contributed by atoms with van der Waals surface area (Å²) in [5, 5.41) is 0. The van der Waals surface area contributed by atoms with Crippen molar-refractivity contribution in [3.05, 3.63) is 0 Å². The van der Waals surface area contributed by atoms with Gasteiger partial charge < -0.3 is 10.6 Å². The van der Waals surface area contributed by atoms with E-state index in [1.807, 2.05) is 0 Å². The highest BCUT2D eigenvalue weighted by Crippen LogP contribution is 2.16. The number of carbonyl (C=O) groups is 1. The summed E-state index contributed by atoms with van der Waals surface area (Å²) >= 11 is 0. The van der Waals surface area contributed by atoms with Crippen LogP contribution in [0.2, 0.25) is 0 Å². The van der Waals surface area contributed by atoms with Gasteiger partial charge in [-0.05, 0) is 44.1 Å². The molecule has 0 aliphatic heterocycles. The molecule has 1 amide bonds. The molecule has 3 nitrogen and oxygen atoms in total. The van der Waals surface area contributed by atoms with Gasteiger partial charge in [-0.3, -0.25) is 4.79 Å². The SMILES string of the molecule is CCC(CC)N(CC(C)C)C(=O)CCC(C)CCN. The Balaban J connectivity index is 4.45. The molecule has 0 aliphatic carbocycles. The van der Waals surface area contributed by atoms with Crippen LogP contribution in [0.5, 0.6) is 0 Å². The summed E-state index contributed by atoms with van der Waals surface area (Å²) < 4.78 is 0. The fourth-order valence-electron chi connectivity index (χ4n) is 2.52. The van der Waals surface area contributed by atoms with Gasteiger partial charge >= 0.3 is 0 Å².